The van der Waals surface area contributed by atoms with Crippen molar-refractivity contribution in [2.75, 3.05) is 11.5 Å². The van der Waals surface area contributed by atoms with Crippen molar-refractivity contribution >= 4 is 29.6 Å². The highest BCUT2D eigenvalue weighted by atomic mass is 32.1. The number of nitrogen functional groups attached to an aromatic ring is 2. The van der Waals surface area contributed by atoms with E-state index in [0.29, 0.717) is 16.5 Å². The minimum Gasteiger partial charge on any atom is -0.383 e. The van der Waals surface area contributed by atoms with Crippen LogP contribution in [0.3, 0.4) is 0 Å². The summed E-state index contributed by atoms with van der Waals surface area (Å²) in [5.41, 5.74) is 13.0. The maximum atomic E-state index is 5.69. The summed E-state index contributed by atoms with van der Waals surface area (Å²) >= 11 is 5.01. The number of aryl methyl sites for hydroxylation is 2. The van der Waals surface area contributed by atoms with Crippen LogP contribution in [0.1, 0.15) is 5.56 Å². The molecule has 6 nitrogen and oxygen atoms in total. The molecule has 0 aliphatic rings. The molecule has 14 heavy (non-hydrogen) atoms. The summed E-state index contributed by atoms with van der Waals surface area (Å²) in [4.78, 5) is 3.98. The van der Waals surface area contributed by atoms with Crippen molar-refractivity contribution in [1.29, 1.82) is 0 Å². The number of hydrogen-bond acceptors (Lipinski definition) is 5. The third-order valence-corrected chi connectivity index (χ3v) is 2.45. The molecule has 0 spiro atoms. The van der Waals surface area contributed by atoms with Crippen LogP contribution >= 0.6 is 12.2 Å². The highest BCUT2D eigenvalue weighted by Gasteiger charge is 2.10. The summed E-state index contributed by atoms with van der Waals surface area (Å²) < 4.78 is 3.55. The molecule has 2 heterocycles. The molecule has 0 atom stereocenters. The van der Waals surface area contributed by atoms with Gasteiger partial charge in [0.05, 0.1) is 0 Å². The van der Waals surface area contributed by atoms with Crippen LogP contribution in [0.4, 0.5) is 11.8 Å². The minimum atomic E-state index is 0.315. The zero-order valence-corrected chi connectivity index (χ0v) is 8.67. The van der Waals surface area contributed by atoms with Crippen molar-refractivity contribution in [3.8, 4) is 0 Å². The second-order valence-corrected chi connectivity index (χ2v) is 3.42. The summed E-state index contributed by atoms with van der Waals surface area (Å²) in [5.74, 6) is 0.796. The number of anilines is 2. The Balaban J connectivity index is 3.11. The topological polar surface area (TPSA) is 87.2 Å². The molecule has 2 rings (SSSR count). The van der Waals surface area contributed by atoms with Crippen LogP contribution in [0, 0.1) is 11.7 Å². The van der Waals surface area contributed by atoms with Crippen molar-refractivity contribution in [3.63, 3.8) is 0 Å². The molecule has 2 aromatic rings. The first-order valence-corrected chi connectivity index (χ1v) is 4.40. The molecule has 0 fully saturated rings. The molecule has 0 saturated carbocycles. The first-order valence-electron chi connectivity index (χ1n) is 3.99. The van der Waals surface area contributed by atoms with E-state index >= 15 is 0 Å². The first kappa shape index (κ1) is 8.95. The van der Waals surface area contributed by atoms with Gasteiger partial charge in [-0.15, -0.1) is 5.10 Å². The van der Waals surface area contributed by atoms with Crippen molar-refractivity contribution in [2.24, 2.45) is 7.05 Å². The number of aromatic nitrogens is 4. The van der Waals surface area contributed by atoms with Crippen LogP contribution in [-0.2, 0) is 7.05 Å². The molecule has 0 radical (unpaired) electrons. The van der Waals surface area contributed by atoms with E-state index in [-0.39, 0.29) is 0 Å². The highest BCUT2D eigenvalue weighted by molar-refractivity contribution is 7.71. The van der Waals surface area contributed by atoms with Gasteiger partial charge in [-0.25, -0.2) is 4.98 Å². The third kappa shape index (κ3) is 0.987. The summed E-state index contributed by atoms with van der Waals surface area (Å²) in [7, 11) is 1.80. The maximum absolute atomic E-state index is 5.69. The molecule has 0 aliphatic carbocycles. The third-order valence-electron chi connectivity index (χ3n) is 2.18. The molecule has 0 aliphatic heterocycles. The van der Waals surface area contributed by atoms with E-state index in [1.807, 2.05) is 6.92 Å². The van der Waals surface area contributed by atoms with Crippen LogP contribution in [0.2, 0.25) is 0 Å². The summed E-state index contributed by atoms with van der Waals surface area (Å²) in [6.45, 7) is 1.85. The predicted octanol–water partition coefficient (Wildman–Crippen LogP) is 0.270. The zero-order valence-electron chi connectivity index (χ0n) is 7.85. The van der Waals surface area contributed by atoms with Crippen molar-refractivity contribution in [3.05, 3.63) is 10.3 Å². The Labute approximate surface area is 85.2 Å². The van der Waals surface area contributed by atoms with Gasteiger partial charge >= 0.3 is 0 Å². The monoisotopic (exact) mass is 210 g/mol. The highest BCUT2D eigenvalue weighted by Crippen LogP contribution is 2.16. The van der Waals surface area contributed by atoms with E-state index in [9.17, 15) is 0 Å². The second-order valence-electron chi connectivity index (χ2n) is 3.06. The lowest BCUT2D eigenvalue weighted by molar-refractivity contribution is 0.899. The molecular formula is C7H10N6S. The molecule has 4 N–H and O–H groups in total. The minimum absolute atomic E-state index is 0.315. The molecular weight excluding hydrogens is 200 g/mol. The Morgan fingerprint density at radius 1 is 1.36 bits per heavy atom. The van der Waals surface area contributed by atoms with Gasteiger partial charge in [0.15, 0.2) is 0 Å². The largest absolute Gasteiger partial charge is 0.383 e. The summed E-state index contributed by atoms with van der Waals surface area (Å²) in [6.07, 6.45) is 0. The van der Waals surface area contributed by atoms with E-state index in [4.69, 9.17) is 23.7 Å². The van der Waals surface area contributed by atoms with Gasteiger partial charge in [-0.3, -0.25) is 4.57 Å². The second kappa shape index (κ2) is 2.68. The lowest BCUT2D eigenvalue weighted by Crippen LogP contribution is -2.03. The zero-order chi connectivity index (χ0) is 10.5. The normalized spacial score (nSPS) is 11.0. The van der Waals surface area contributed by atoms with Gasteiger partial charge in [0.2, 0.25) is 10.7 Å². The fourth-order valence-electron chi connectivity index (χ4n) is 1.36. The number of fused-ring (bicyclic) bond motifs is 1. The van der Waals surface area contributed by atoms with Crippen molar-refractivity contribution < 1.29 is 0 Å². The van der Waals surface area contributed by atoms with E-state index in [1.54, 1.807) is 11.6 Å². The van der Waals surface area contributed by atoms with Gasteiger partial charge in [0, 0.05) is 12.6 Å². The Hall–Kier alpha value is -1.63. The average molecular weight is 210 g/mol. The standard InChI is InChI=1S/C7H10N6S/c1-3-4(8)10-7(14)13-5(3)12(2)6(9)11-13/h1-2H3,(H2,9,11)(H2,8,10,14). The fraction of sp³-hybridized carbons (Fsp3) is 0.286. The van der Waals surface area contributed by atoms with Gasteiger partial charge in [-0.2, -0.15) is 4.52 Å². The smallest absolute Gasteiger partial charge is 0.224 e. The lowest BCUT2D eigenvalue weighted by atomic mass is 10.3. The molecule has 0 aromatic carbocycles. The summed E-state index contributed by atoms with van der Waals surface area (Å²) in [6, 6.07) is 0. The fourth-order valence-corrected chi connectivity index (χ4v) is 1.59. The van der Waals surface area contributed by atoms with Crippen LogP contribution in [0.25, 0.3) is 5.65 Å². The first-order chi connectivity index (χ1) is 6.52. The van der Waals surface area contributed by atoms with Gasteiger partial charge < -0.3 is 11.5 Å². The van der Waals surface area contributed by atoms with Gasteiger partial charge in [0.1, 0.15) is 11.5 Å². The van der Waals surface area contributed by atoms with Crippen molar-refractivity contribution in [1.82, 2.24) is 19.2 Å². The molecule has 0 bridgehead atoms. The van der Waals surface area contributed by atoms with Crippen LogP contribution in [0.15, 0.2) is 0 Å². The van der Waals surface area contributed by atoms with E-state index in [0.717, 1.165) is 11.2 Å². The Morgan fingerprint density at radius 3 is 2.64 bits per heavy atom. The van der Waals surface area contributed by atoms with Crippen LogP contribution < -0.4 is 11.5 Å². The Bertz CT molecular complexity index is 566. The number of nitrogens with two attached hydrogens (primary N) is 2. The molecule has 74 valence electrons. The van der Waals surface area contributed by atoms with Crippen molar-refractivity contribution in [2.45, 2.75) is 6.92 Å². The number of hydrogen-bond donors (Lipinski definition) is 2. The quantitative estimate of drug-likeness (QED) is 0.609. The van der Waals surface area contributed by atoms with E-state index in [2.05, 4.69) is 10.1 Å². The van der Waals surface area contributed by atoms with Gasteiger partial charge in [-0.1, -0.05) is 0 Å². The van der Waals surface area contributed by atoms with E-state index in [1.165, 1.54) is 4.52 Å². The summed E-state index contributed by atoms with van der Waals surface area (Å²) in [5, 5.41) is 4.05. The number of rotatable bonds is 0. The molecule has 0 unspecified atom stereocenters. The average Bonchev–Trinajstić information content (AvgIpc) is 2.41. The van der Waals surface area contributed by atoms with Crippen LogP contribution in [-0.4, -0.2) is 19.2 Å². The predicted molar refractivity (Wildman–Crippen MR) is 56.4 cm³/mol. The van der Waals surface area contributed by atoms with Gasteiger partial charge in [0.25, 0.3) is 0 Å². The maximum Gasteiger partial charge on any atom is 0.224 e. The van der Waals surface area contributed by atoms with E-state index < -0.39 is 0 Å². The molecule has 7 heteroatoms. The Morgan fingerprint density at radius 2 is 2.00 bits per heavy atom. The number of nitrogens with zero attached hydrogens (tertiary/aromatic N) is 4. The lowest BCUT2D eigenvalue weighted by Gasteiger charge is -2.02. The van der Waals surface area contributed by atoms with Crippen LogP contribution in [0.5, 0.6) is 0 Å². The Kier molecular flexibility index (Phi) is 1.71. The molecule has 0 amide bonds. The SMILES string of the molecule is Cc1c(N)nc(=S)n2nc(N)n(C)c12. The molecule has 0 saturated heterocycles. The van der Waals surface area contributed by atoms with Gasteiger partial charge in [-0.05, 0) is 19.1 Å². The molecule has 2 aromatic heterocycles.